The number of pyridine rings is 2. The third-order valence-electron chi connectivity index (χ3n) is 6.84. The molecule has 1 aliphatic rings. The first-order chi connectivity index (χ1) is 19.4. The summed E-state index contributed by atoms with van der Waals surface area (Å²) in [6.45, 7) is 0.284. The minimum Gasteiger partial charge on any atom is -0.481 e. The van der Waals surface area contributed by atoms with Crippen LogP contribution >= 0.6 is 0 Å². The van der Waals surface area contributed by atoms with Crippen molar-refractivity contribution in [2.75, 3.05) is 26.8 Å². The van der Waals surface area contributed by atoms with E-state index in [2.05, 4.69) is 20.6 Å². The second kappa shape index (κ2) is 14.2. The molecule has 0 bridgehead atoms. The van der Waals surface area contributed by atoms with Crippen LogP contribution in [0.1, 0.15) is 30.4 Å². The molecular weight excluding hydrogens is 522 g/mol. The number of rotatable bonds is 12. The van der Waals surface area contributed by atoms with E-state index >= 15 is 0 Å². The molecule has 1 aliphatic heterocycles. The molecule has 1 amide bonds. The van der Waals surface area contributed by atoms with Crippen molar-refractivity contribution in [1.82, 2.24) is 20.6 Å². The molecule has 0 aliphatic carbocycles. The van der Waals surface area contributed by atoms with Crippen molar-refractivity contribution in [3.63, 3.8) is 0 Å². The Morgan fingerprint density at radius 1 is 1.25 bits per heavy atom. The van der Waals surface area contributed by atoms with Gasteiger partial charge < -0.3 is 30.3 Å². The lowest BCUT2D eigenvalue weighted by molar-refractivity contribution is -0.138. The number of aliphatic hydroxyl groups excluding tert-OH is 2. The fourth-order valence-electron chi connectivity index (χ4n) is 4.82. The number of amides is 1. The third kappa shape index (κ3) is 7.79. The maximum atomic E-state index is 13.9. The van der Waals surface area contributed by atoms with E-state index in [-0.39, 0.29) is 43.5 Å². The van der Waals surface area contributed by atoms with Gasteiger partial charge in [0.25, 0.3) is 0 Å². The highest BCUT2D eigenvalue weighted by Crippen LogP contribution is 2.27. The van der Waals surface area contributed by atoms with Crippen LogP contribution in [-0.4, -0.2) is 77.2 Å². The number of methoxy groups -OCH3 is 1. The van der Waals surface area contributed by atoms with Gasteiger partial charge in [0.1, 0.15) is 11.6 Å². The van der Waals surface area contributed by atoms with Gasteiger partial charge in [0, 0.05) is 43.4 Å². The lowest BCUT2D eigenvalue weighted by atomic mass is 9.91. The number of benzene rings is 1. The van der Waals surface area contributed by atoms with Gasteiger partial charge in [-0.3, -0.25) is 9.78 Å². The molecule has 1 saturated heterocycles. The van der Waals surface area contributed by atoms with E-state index in [0.717, 1.165) is 23.8 Å². The summed E-state index contributed by atoms with van der Waals surface area (Å²) < 4.78 is 38.8. The Balaban J connectivity index is 1.42. The fourth-order valence-corrected chi connectivity index (χ4v) is 4.82. The SMILES string of the molecule is COc1ccc2nccc(C[C@H](O)[C@@H]3CC[C@@H](NC/C=C/c4cc(F)ccc4F)[C@@H](CC(=O)NCCO)O3)c2n1. The monoisotopic (exact) mass is 556 g/mol. The Hall–Kier alpha value is -3.51. The summed E-state index contributed by atoms with van der Waals surface area (Å²) in [6, 6.07) is 8.37. The van der Waals surface area contributed by atoms with Crippen molar-refractivity contribution in [3.8, 4) is 5.88 Å². The zero-order valence-electron chi connectivity index (χ0n) is 22.2. The molecule has 0 unspecified atom stereocenters. The molecule has 214 valence electrons. The predicted molar refractivity (Wildman–Crippen MR) is 146 cm³/mol. The molecule has 0 spiro atoms. The molecule has 2 aromatic heterocycles. The first-order valence-electron chi connectivity index (χ1n) is 13.2. The number of ether oxygens (including phenoxy) is 2. The van der Waals surface area contributed by atoms with Crippen molar-refractivity contribution in [2.24, 2.45) is 0 Å². The predicted octanol–water partition coefficient (Wildman–Crippen LogP) is 2.54. The standard InChI is InChI=1S/C29H34F2N4O5/c1-39-28-9-7-23-29(35-28)19(10-12-33-23)16-24(37)25-8-6-22(26(40-25)17-27(38)34-13-14-36)32-11-2-3-18-15-20(30)4-5-21(18)31/h2-5,7,9-10,12,15,22,24-26,32,36-37H,6,8,11,13-14,16-17H2,1H3,(H,34,38)/b3-2+/t22-,24+,25+,26-/m1/s1. The summed E-state index contributed by atoms with van der Waals surface area (Å²) in [5.41, 5.74) is 2.26. The Bertz CT molecular complexity index is 1320. The van der Waals surface area contributed by atoms with Gasteiger partial charge in [-0.15, -0.1) is 0 Å². The molecule has 1 fully saturated rings. The number of nitrogens with one attached hydrogen (secondary N) is 2. The maximum absolute atomic E-state index is 13.9. The van der Waals surface area contributed by atoms with Crippen LogP contribution in [0, 0.1) is 11.6 Å². The lowest BCUT2D eigenvalue weighted by Gasteiger charge is -2.38. The number of carbonyl (C=O) groups is 1. The van der Waals surface area contributed by atoms with E-state index in [0.29, 0.717) is 36.3 Å². The van der Waals surface area contributed by atoms with Crippen molar-refractivity contribution >= 4 is 23.0 Å². The molecule has 11 heteroatoms. The van der Waals surface area contributed by atoms with Gasteiger partial charge in [-0.1, -0.05) is 12.2 Å². The topological polar surface area (TPSA) is 126 Å². The molecule has 4 N–H and O–H groups in total. The average Bonchev–Trinajstić information content (AvgIpc) is 2.96. The van der Waals surface area contributed by atoms with Crippen LogP contribution in [0.3, 0.4) is 0 Å². The fraction of sp³-hybridized carbons (Fsp3) is 0.414. The summed E-state index contributed by atoms with van der Waals surface area (Å²) in [5.74, 6) is -0.885. The van der Waals surface area contributed by atoms with Crippen molar-refractivity contribution in [3.05, 3.63) is 71.4 Å². The number of carbonyl (C=O) groups excluding carboxylic acids is 1. The number of hydrogen-bond acceptors (Lipinski definition) is 8. The molecule has 3 heterocycles. The molecular formula is C29H34F2N4O5. The van der Waals surface area contributed by atoms with Gasteiger partial charge in [0.15, 0.2) is 0 Å². The first kappa shape index (κ1) is 29.5. The Morgan fingerprint density at radius 2 is 2.10 bits per heavy atom. The third-order valence-corrected chi connectivity index (χ3v) is 6.84. The number of hydrogen-bond donors (Lipinski definition) is 4. The van der Waals surface area contributed by atoms with Crippen LogP contribution in [-0.2, 0) is 16.0 Å². The van der Waals surface area contributed by atoms with Crippen LogP contribution < -0.4 is 15.4 Å². The van der Waals surface area contributed by atoms with Gasteiger partial charge >= 0.3 is 0 Å². The second-order valence-corrected chi connectivity index (χ2v) is 9.61. The van der Waals surface area contributed by atoms with Crippen molar-refractivity contribution in [2.45, 2.75) is 50.0 Å². The Kier molecular flexibility index (Phi) is 10.5. The highest BCUT2D eigenvalue weighted by Gasteiger charge is 2.35. The molecule has 3 aromatic rings. The van der Waals surface area contributed by atoms with E-state index < -0.39 is 29.9 Å². The Morgan fingerprint density at radius 3 is 2.90 bits per heavy atom. The van der Waals surface area contributed by atoms with Crippen molar-refractivity contribution < 1.29 is 33.3 Å². The van der Waals surface area contributed by atoms with Crippen LogP contribution in [0.5, 0.6) is 5.88 Å². The van der Waals surface area contributed by atoms with E-state index in [1.807, 2.05) is 6.07 Å². The average molecular weight is 557 g/mol. The van der Waals surface area contributed by atoms with Gasteiger partial charge in [-0.25, -0.2) is 13.8 Å². The lowest BCUT2D eigenvalue weighted by Crippen LogP contribution is -2.51. The maximum Gasteiger partial charge on any atom is 0.222 e. The minimum absolute atomic E-state index is 0.0278. The van der Waals surface area contributed by atoms with Gasteiger partial charge in [-0.2, -0.15) is 0 Å². The summed E-state index contributed by atoms with van der Waals surface area (Å²) >= 11 is 0. The largest absolute Gasteiger partial charge is 0.481 e. The number of fused-ring (bicyclic) bond motifs is 1. The highest BCUT2D eigenvalue weighted by molar-refractivity contribution is 5.78. The quantitative estimate of drug-likeness (QED) is 0.268. The summed E-state index contributed by atoms with van der Waals surface area (Å²) in [4.78, 5) is 21.3. The second-order valence-electron chi connectivity index (χ2n) is 9.61. The number of aliphatic hydroxyl groups is 2. The van der Waals surface area contributed by atoms with Crippen LogP contribution in [0.25, 0.3) is 17.1 Å². The molecule has 1 aromatic carbocycles. The Labute approximate surface area is 231 Å². The smallest absolute Gasteiger partial charge is 0.222 e. The summed E-state index contributed by atoms with van der Waals surface area (Å²) in [5, 5.41) is 26.1. The zero-order chi connectivity index (χ0) is 28.5. The number of halogens is 2. The molecule has 40 heavy (non-hydrogen) atoms. The van der Waals surface area contributed by atoms with Gasteiger partial charge in [-0.05, 0) is 48.7 Å². The van der Waals surface area contributed by atoms with Crippen LogP contribution in [0.15, 0.2) is 48.7 Å². The molecule has 9 nitrogen and oxygen atoms in total. The van der Waals surface area contributed by atoms with Crippen LogP contribution in [0.2, 0.25) is 0 Å². The summed E-state index contributed by atoms with van der Waals surface area (Å²) in [7, 11) is 1.53. The van der Waals surface area contributed by atoms with Crippen LogP contribution in [0.4, 0.5) is 8.78 Å². The molecule has 0 saturated carbocycles. The zero-order valence-corrected chi connectivity index (χ0v) is 22.2. The van der Waals surface area contributed by atoms with E-state index in [9.17, 15) is 18.7 Å². The molecule has 0 radical (unpaired) electrons. The van der Waals surface area contributed by atoms with E-state index in [1.54, 1.807) is 24.4 Å². The highest BCUT2D eigenvalue weighted by atomic mass is 19.1. The molecule has 4 rings (SSSR count). The summed E-state index contributed by atoms with van der Waals surface area (Å²) in [6.07, 6.45) is 4.34. The van der Waals surface area contributed by atoms with Gasteiger partial charge in [0.05, 0.1) is 49.5 Å². The van der Waals surface area contributed by atoms with Crippen molar-refractivity contribution in [1.29, 1.82) is 0 Å². The first-order valence-corrected chi connectivity index (χ1v) is 13.2. The van der Waals surface area contributed by atoms with E-state index in [4.69, 9.17) is 14.6 Å². The molecule has 4 atom stereocenters. The van der Waals surface area contributed by atoms with Gasteiger partial charge in [0.2, 0.25) is 11.8 Å². The van der Waals surface area contributed by atoms with E-state index in [1.165, 1.54) is 13.2 Å². The normalized spacial score (nSPS) is 20.1. The minimum atomic E-state index is -0.863. The number of aromatic nitrogens is 2. The number of nitrogens with zero attached hydrogens (tertiary/aromatic N) is 2.